The van der Waals surface area contributed by atoms with Gasteiger partial charge >= 0.3 is 11.9 Å². The maximum absolute atomic E-state index is 12.0. The van der Waals surface area contributed by atoms with Crippen LogP contribution in [0.1, 0.15) is 38.8 Å². The zero-order chi connectivity index (χ0) is 17.9. The first-order chi connectivity index (χ1) is 11.3. The van der Waals surface area contributed by atoms with E-state index in [2.05, 4.69) is 0 Å². The molecule has 1 heterocycles. The van der Waals surface area contributed by atoms with Gasteiger partial charge in [-0.05, 0) is 11.6 Å². The highest BCUT2D eigenvalue weighted by atomic mass is 16.6. The van der Waals surface area contributed by atoms with Crippen LogP contribution in [0.3, 0.4) is 0 Å². The van der Waals surface area contributed by atoms with Crippen LogP contribution in [0.5, 0.6) is 5.75 Å². The lowest BCUT2D eigenvalue weighted by atomic mass is 9.98. The number of ether oxygens (including phenoxy) is 3. The first-order valence-corrected chi connectivity index (χ1v) is 8.05. The molecular formula is C18H24O6. The highest BCUT2D eigenvalue weighted by Gasteiger charge is 2.50. The van der Waals surface area contributed by atoms with E-state index in [1.165, 1.54) is 0 Å². The Bertz CT molecular complexity index is 616. The van der Waals surface area contributed by atoms with E-state index in [1.54, 1.807) is 45.9 Å². The van der Waals surface area contributed by atoms with Crippen LogP contribution in [0, 0.1) is 11.8 Å². The summed E-state index contributed by atoms with van der Waals surface area (Å²) in [7, 11) is 0. The van der Waals surface area contributed by atoms with Gasteiger partial charge in [0.15, 0.2) is 5.60 Å². The number of hydrogen-bond acceptors (Lipinski definition) is 6. The largest absolute Gasteiger partial charge is 0.462 e. The van der Waals surface area contributed by atoms with Crippen molar-refractivity contribution in [1.29, 1.82) is 0 Å². The average molecular weight is 336 g/mol. The van der Waals surface area contributed by atoms with Crippen molar-refractivity contribution in [1.82, 2.24) is 0 Å². The molecule has 1 saturated heterocycles. The molecule has 0 radical (unpaired) electrons. The van der Waals surface area contributed by atoms with E-state index in [0.717, 1.165) is 0 Å². The zero-order valence-electron chi connectivity index (χ0n) is 14.5. The lowest BCUT2D eigenvalue weighted by Crippen LogP contribution is -2.24. The molecule has 0 bridgehead atoms. The van der Waals surface area contributed by atoms with Crippen LogP contribution in [0.15, 0.2) is 18.2 Å². The van der Waals surface area contributed by atoms with E-state index in [9.17, 15) is 14.7 Å². The highest BCUT2D eigenvalue weighted by molar-refractivity contribution is 5.75. The molecular weight excluding hydrogens is 312 g/mol. The SMILES string of the molecule is CC(C)C(=O)OCC1(c2ccc(CO)cc2OC(=O)C(C)C)CO1. The number of epoxide rings is 1. The number of aliphatic hydroxyl groups is 1. The minimum absolute atomic E-state index is 0.0642. The van der Waals surface area contributed by atoms with Crippen LogP contribution >= 0.6 is 0 Å². The molecule has 132 valence electrons. The minimum atomic E-state index is -0.787. The molecule has 0 aromatic heterocycles. The van der Waals surface area contributed by atoms with Gasteiger partial charge in [-0.15, -0.1) is 0 Å². The first-order valence-electron chi connectivity index (χ1n) is 8.05. The lowest BCUT2D eigenvalue weighted by molar-refractivity contribution is -0.149. The molecule has 1 aliphatic heterocycles. The van der Waals surface area contributed by atoms with Gasteiger partial charge in [-0.25, -0.2) is 0 Å². The second-order valence-corrected chi connectivity index (χ2v) is 6.61. The van der Waals surface area contributed by atoms with Crippen LogP contribution in [0.2, 0.25) is 0 Å². The van der Waals surface area contributed by atoms with E-state index in [0.29, 0.717) is 23.5 Å². The van der Waals surface area contributed by atoms with Crippen LogP contribution in [0.25, 0.3) is 0 Å². The summed E-state index contributed by atoms with van der Waals surface area (Å²) in [5, 5.41) is 9.31. The fourth-order valence-corrected chi connectivity index (χ4v) is 2.11. The van der Waals surface area contributed by atoms with Crippen molar-refractivity contribution in [3.8, 4) is 5.75 Å². The molecule has 1 aromatic carbocycles. The molecule has 6 heteroatoms. The fourth-order valence-electron chi connectivity index (χ4n) is 2.11. The molecule has 0 spiro atoms. The standard InChI is InChI=1S/C18H24O6/c1-11(2)16(20)22-9-18(10-23-18)14-6-5-13(8-19)7-15(14)24-17(21)12(3)4/h5-7,11-12,19H,8-10H2,1-4H3. The average Bonchev–Trinajstić information content (AvgIpc) is 3.33. The van der Waals surface area contributed by atoms with E-state index in [4.69, 9.17) is 14.2 Å². The number of carbonyl (C=O) groups is 2. The highest BCUT2D eigenvalue weighted by Crippen LogP contribution is 2.44. The maximum atomic E-state index is 12.0. The van der Waals surface area contributed by atoms with Crippen LogP contribution in [-0.4, -0.2) is 30.3 Å². The second-order valence-electron chi connectivity index (χ2n) is 6.61. The Balaban J connectivity index is 2.25. The van der Waals surface area contributed by atoms with Gasteiger partial charge in [-0.3, -0.25) is 9.59 Å². The minimum Gasteiger partial charge on any atom is -0.462 e. The number of hydrogen-bond donors (Lipinski definition) is 1. The summed E-state index contributed by atoms with van der Waals surface area (Å²) in [5.41, 5.74) is 0.482. The Morgan fingerprint density at radius 1 is 1.21 bits per heavy atom. The van der Waals surface area contributed by atoms with Crippen molar-refractivity contribution in [3.63, 3.8) is 0 Å². The Hall–Kier alpha value is -1.92. The normalized spacial score (nSPS) is 19.5. The number of rotatable bonds is 7. The number of esters is 2. The van der Waals surface area contributed by atoms with Crippen LogP contribution in [0.4, 0.5) is 0 Å². The Morgan fingerprint density at radius 2 is 1.83 bits per heavy atom. The third-order valence-corrected chi connectivity index (χ3v) is 3.81. The molecule has 1 aliphatic rings. The van der Waals surface area contributed by atoms with Crippen LogP contribution in [-0.2, 0) is 31.3 Å². The molecule has 24 heavy (non-hydrogen) atoms. The maximum Gasteiger partial charge on any atom is 0.313 e. The lowest BCUT2D eigenvalue weighted by Gasteiger charge is -2.18. The molecule has 6 nitrogen and oxygen atoms in total. The van der Waals surface area contributed by atoms with Gasteiger partial charge in [-0.1, -0.05) is 39.8 Å². The van der Waals surface area contributed by atoms with Gasteiger partial charge in [0.1, 0.15) is 12.4 Å². The first kappa shape index (κ1) is 18.4. The molecule has 1 aromatic rings. The summed E-state index contributed by atoms with van der Waals surface area (Å²) in [6, 6.07) is 5.09. The third-order valence-electron chi connectivity index (χ3n) is 3.81. The van der Waals surface area contributed by atoms with Gasteiger partial charge in [0, 0.05) is 5.56 Å². The topological polar surface area (TPSA) is 85.4 Å². The van der Waals surface area contributed by atoms with Gasteiger partial charge in [-0.2, -0.15) is 0 Å². The predicted molar refractivity (Wildman–Crippen MR) is 86.3 cm³/mol. The number of aliphatic hydroxyl groups excluding tert-OH is 1. The predicted octanol–water partition coefficient (Wildman–Crippen LogP) is 2.17. The van der Waals surface area contributed by atoms with Gasteiger partial charge in [0.2, 0.25) is 0 Å². The number of carbonyl (C=O) groups excluding carboxylic acids is 2. The number of benzene rings is 1. The Kier molecular flexibility index (Phi) is 5.62. The quantitative estimate of drug-likeness (QED) is 0.466. The van der Waals surface area contributed by atoms with Crippen molar-refractivity contribution in [3.05, 3.63) is 29.3 Å². The molecule has 1 atom stereocenters. The summed E-state index contributed by atoms with van der Waals surface area (Å²) in [4.78, 5) is 23.7. The van der Waals surface area contributed by atoms with Gasteiger partial charge < -0.3 is 19.3 Å². The van der Waals surface area contributed by atoms with Gasteiger partial charge in [0.25, 0.3) is 0 Å². The summed E-state index contributed by atoms with van der Waals surface area (Å²) >= 11 is 0. The molecule has 1 fully saturated rings. The Morgan fingerprint density at radius 3 is 2.33 bits per heavy atom. The monoisotopic (exact) mass is 336 g/mol. The molecule has 1 N–H and O–H groups in total. The molecule has 1 unspecified atom stereocenters. The summed E-state index contributed by atoms with van der Waals surface area (Å²) in [6.07, 6.45) is 0. The molecule has 0 amide bonds. The van der Waals surface area contributed by atoms with Gasteiger partial charge in [0.05, 0.1) is 25.0 Å². The van der Waals surface area contributed by atoms with Crippen molar-refractivity contribution >= 4 is 11.9 Å². The third kappa shape index (κ3) is 4.13. The summed E-state index contributed by atoms with van der Waals surface area (Å²) < 4.78 is 16.3. The van der Waals surface area contributed by atoms with Crippen LogP contribution < -0.4 is 4.74 Å². The van der Waals surface area contributed by atoms with E-state index in [-0.39, 0.29) is 37.0 Å². The Labute approximate surface area is 141 Å². The second kappa shape index (κ2) is 7.32. The van der Waals surface area contributed by atoms with E-state index >= 15 is 0 Å². The van der Waals surface area contributed by atoms with Crippen molar-refractivity contribution < 1.29 is 28.9 Å². The molecule has 2 rings (SSSR count). The summed E-state index contributed by atoms with van der Waals surface area (Å²) in [6.45, 7) is 7.28. The fraction of sp³-hybridized carbons (Fsp3) is 0.556. The van der Waals surface area contributed by atoms with E-state index in [1.807, 2.05) is 0 Å². The summed E-state index contributed by atoms with van der Waals surface area (Å²) in [5.74, 6) is -0.862. The zero-order valence-corrected chi connectivity index (χ0v) is 14.5. The van der Waals surface area contributed by atoms with Crippen molar-refractivity contribution in [2.75, 3.05) is 13.2 Å². The van der Waals surface area contributed by atoms with Crippen molar-refractivity contribution in [2.24, 2.45) is 11.8 Å². The molecule has 0 aliphatic carbocycles. The van der Waals surface area contributed by atoms with Crippen molar-refractivity contribution in [2.45, 2.75) is 39.9 Å². The van der Waals surface area contributed by atoms with E-state index < -0.39 is 5.60 Å². The molecule has 0 saturated carbocycles. The smallest absolute Gasteiger partial charge is 0.313 e.